The molecule has 6 heteroatoms. The minimum absolute atomic E-state index is 0.130. The summed E-state index contributed by atoms with van der Waals surface area (Å²) in [5.74, 6) is -0.690. The Morgan fingerprint density at radius 2 is 1.92 bits per heavy atom. The third kappa shape index (κ3) is 4.26. The molecular formula is C19H19BrFNO3. The minimum Gasteiger partial charge on any atom is -0.468 e. The fraction of sp³-hybridized carbons (Fsp3) is 0.316. The van der Waals surface area contributed by atoms with E-state index in [1.807, 2.05) is 29.2 Å². The van der Waals surface area contributed by atoms with Gasteiger partial charge >= 0.3 is 5.97 Å². The molecular weight excluding hydrogens is 389 g/mol. The number of hydrogen-bond acceptors (Lipinski definition) is 4. The Kier molecular flexibility index (Phi) is 5.83. The second kappa shape index (κ2) is 8.08. The van der Waals surface area contributed by atoms with Crippen molar-refractivity contribution in [3.63, 3.8) is 0 Å². The van der Waals surface area contributed by atoms with E-state index in [0.717, 1.165) is 10.0 Å². The van der Waals surface area contributed by atoms with Gasteiger partial charge in [-0.2, -0.15) is 0 Å². The van der Waals surface area contributed by atoms with E-state index in [9.17, 15) is 9.18 Å². The number of benzene rings is 2. The third-order valence-electron chi connectivity index (χ3n) is 4.31. The van der Waals surface area contributed by atoms with E-state index in [0.29, 0.717) is 25.3 Å². The standard InChI is InChI=1S/C19H19BrFNO3/c1-24-19(23)18(14-4-8-16(21)9-5-14)22-10-11-25-17(12-22)13-2-6-15(20)7-3-13/h2-9,17-18H,10-12H2,1H3. The zero-order valence-corrected chi connectivity index (χ0v) is 15.4. The molecule has 0 N–H and O–H groups in total. The van der Waals surface area contributed by atoms with Gasteiger partial charge in [-0.25, -0.2) is 9.18 Å². The molecule has 0 radical (unpaired) electrons. The van der Waals surface area contributed by atoms with Gasteiger partial charge in [0.1, 0.15) is 11.9 Å². The van der Waals surface area contributed by atoms with E-state index < -0.39 is 6.04 Å². The highest BCUT2D eigenvalue weighted by molar-refractivity contribution is 9.10. The van der Waals surface area contributed by atoms with Gasteiger partial charge in [0.25, 0.3) is 0 Å². The molecule has 2 atom stereocenters. The smallest absolute Gasteiger partial charge is 0.327 e. The molecule has 0 saturated carbocycles. The molecule has 1 aliphatic heterocycles. The molecule has 25 heavy (non-hydrogen) atoms. The number of carbonyl (C=O) groups excluding carboxylic acids is 1. The maximum atomic E-state index is 13.2. The zero-order valence-electron chi connectivity index (χ0n) is 13.8. The van der Waals surface area contributed by atoms with Gasteiger partial charge in [-0.3, -0.25) is 4.90 Å². The van der Waals surface area contributed by atoms with E-state index in [1.54, 1.807) is 12.1 Å². The van der Waals surface area contributed by atoms with Crippen LogP contribution in [0.4, 0.5) is 4.39 Å². The molecule has 1 saturated heterocycles. The van der Waals surface area contributed by atoms with Crippen molar-refractivity contribution in [3.8, 4) is 0 Å². The molecule has 2 unspecified atom stereocenters. The lowest BCUT2D eigenvalue weighted by molar-refractivity contribution is -0.150. The van der Waals surface area contributed by atoms with Crippen LogP contribution in [0, 0.1) is 5.82 Å². The predicted octanol–water partition coefficient (Wildman–Crippen LogP) is 3.88. The molecule has 3 rings (SSSR count). The normalized spacial score (nSPS) is 19.4. The highest BCUT2D eigenvalue weighted by Gasteiger charge is 2.33. The van der Waals surface area contributed by atoms with Crippen LogP contribution in [0.1, 0.15) is 23.3 Å². The first-order chi connectivity index (χ1) is 12.1. The van der Waals surface area contributed by atoms with Gasteiger partial charge in [0.2, 0.25) is 0 Å². The molecule has 1 heterocycles. The lowest BCUT2D eigenvalue weighted by atomic mass is 10.0. The Morgan fingerprint density at radius 1 is 1.24 bits per heavy atom. The average Bonchev–Trinajstić information content (AvgIpc) is 2.64. The molecule has 0 aliphatic carbocycles. The number of morpholine rings is 1. The van der Waals surface area contributed by atoms with E-state index in [2.05, 4.69) is 15.9 Å². The van der Waals surface area contributed by atoms with E-state index in [4.69, 9.17) is 9.47 Å². The van der Waals surface area contributed by atoms with Crippen LogP contribution >= 0.6 is 15.9 Å². The maximum Gasteiger partial charge on any atom is 0.327 e. The van der Waals surface area contributed by atoms with Crippen LogP contribution in [0.3, 0.4) is 0 Å². The Hall–Kier alpha value is -1.76. The van der Waals surface area contributed by atoms with Crippen molar-refractivity contribution in [3.05, 3.63) is 69.9 Å². The van der Waals surface area contributed by atoms with Crippen molar-refractivity contribution in [2.75, 3.05) is 26.8 Å². The quantitative estimate of drug-likeness (QED) is 0.720. The molecule has 2 aromatic rings. The molecule has 4 nitrogen and oxygen atoms in total. The highest BCUT2D eigenvalue weighted by Crippen LogP contribution is 2.30. The van der Waals surface area contributed by atoms with Gasteiger partial charge in [0, 0.05) is 17.6 Å². The minimum atomic E-state index is -0.576. The number of ether oxygens (including phenoxy) is 2. The first-order valence-electron chi connectivity index (χ1n) is 8.03. The number of nitrogens with zero attached hydrogens (tertiary/aromatic N) is 1. The summed E-state index contributed by atoms with van der Waals surface area (Å²) >= 11 is 3.43. The average molecular weight is 408 g/mol. The SMILES string of the molecule is COC(=O)C(c1ccc(F)cc1)N1CCOC(c2ccc(Br)cc2)C1. The van der Waals surface area contributed by atoms with Gasteiger partial charge in [-0.05, 0) is 35.4 Å². The van der Waals surface area contributed by atoms with Crippen LogP contribution in [0.15, 0.2) is 53.0 Å². The summed E-state index contributed by atoms with van der Waals surface area (Å²) in [6.07, 6.45) is -0.130. The van der Waals surface area contributed by atoms with Crippen LogP contribution in [-0.4, -0.2) is 37.7 Å². The fourth-order valence-corrected chi connectivity index (χ4v) is 3.30. The lowest BCUT2D eigenvalue weighted by Crippen LogP contribution is -2.43. The van der Waals surface area contributed by atoms with Gasteiger partial charge in [0.05, 0.1) is 19.8 Å². The maximum absolute atomic E-state index is 13.2. The summed E-state index contributed by atoms with van der Waals surface area (Å²) in [6, 6.07) is 13.3. The Balaban J connectivity index is 1.84. The second-order valence-corrected chi connectivity index (χ2v) is 6.80. The van der Waals surface area contributed by atoms with Gasteiger partial charge in [-0.15, -0.1) is 0 Å². The van der Waals surface area contributed by atoms with Gasteiger partial charge in [0.15, 0.2) is 0 Å². The topological polar surface area (TPSA) is 38.8 Å². The second-order valence-electron chi connectivity index (χ2n) is 5.88. The Morgan fingerprint density at radius 3 is 2.56 bits per heavy atom. The van der Waals surface area contributed by atoms with Gasteiger partial charge < -0.3 is 9.47 Å². The number of methoxy groups -OCH3 is 1. The van der Waals surface area contributed by atoms with Crippen molar-refractivity contribution in [1.82, 2.24) is 4.90 Å². The monoisotopic (exact) mass is 407 g/mol. The highest BCUT2D eigenvalue weighted by atomic mass is 79.9. The van der Waals surface area contributed by atoms with Crippen molar-refractivity contribution in [2.24, 2.45) is 0 Å². The number of carbonyl (C=O) groups is 1. The third-order valence-corrected chi connectivity index (χ3v) is 4.84. The summed E-state index contributed by atoms with van der Waals surface area (Å²) in [4.78, 5) is 14.4. The largest absolute Gasteiger partial charge is 0.468 e. The number of hydrogen-bond donors (Lipinski definition) is 0. The van der Waals surface area contributed by atoms with Crippen LogP contribution in [0.2, 0.25) is 0 Å². The first-order valence-corrected chi connectivity index (χ1v) is 8.82. The van der Waals surface area contributed by atoms with Crippen molar-refractivity contribution < 1.29 is 18.7 Å². The zero-order chi connectivity index (χ0) is 17.8. The fourth-order valence-electron chi connectivity index (χ4n) is 3.04. The van der Waals surface area contributed by atoms with E-state index >= 15 is 0 Å². The van der Waals surface area contributed by atoms with E-state index in [1.165, 1.54) is 19.2 Å². The summed E-state index contributed by atoms with van der Waals surface area (Å²) in [5.41, 5.74) is 1.76. The van der Waals surface area contributed by atoms with E-state index in [-0.39, 0.29) is 17.9 Å². The summed E-state index contributed by atoms with van der Waals surface area (Å²) in [5, 5.41) is 0. The predicted molar refractivity (Wildman–Crippen MR) is 95.6 cm³/mol. The van der Waals surface area contributed by atoms with Crippen LogP contribution in [0.25, 0.3) is 0 Å². The molecule has 0 amide bonds. The molecule has 1 aliphatic rings. The van der Waals surface area contributed by atoms with Crippen molar-refractivity contribution >= 4 is 21.9 Å². The number of esters is 1. The Labute approximate surface area is 154 Å². The van der Waals surface area contributed by atoms with Crippen LogP contribution in [-0.2, 0) is 14.3 Å². The molecule has 2 aromatic carbocycles. The first kappa shape index (κ1) is 18.0. The summed E-state index contributed by atoms with van der Waals surface area (Å²) in [6.45, 7) is 1.67. The van der Waals surface area contributed by atoms with Crippen molar-refractivity contribution in [2.45, 2.75) is 12.1 Å². The molecule has 1 fully saturated rings. The number of rotatable bonds is 4. The summed E-state index contributed by atoms with van der Waals surface area (Å²) < 4.78 is 25.1. The molecule has 0 aromatic heterocycles. The molecule has 0 bridgehead atoms. The lowest BCUT2D eigenvalue weighted by Gasteiger charge is -2.37. The number of halogens is 2. The van der Waals surface area contributed by atoms with Gasteiger partial charge in [-0.1, -0.05) is 40.2 Å². The molecule has 0 spiro atoms. The van der Waals surface area contributed by atoms with Crippen LogP contribution < -0.4 is 0 Å². The van der Waals surface area contributed by atoms with Crippen LogP contribution in [0.5, 0.6) is 0 Å². The molecule has 132 valence electrons. The summed E-state index contributed by atoms with van der Waals surface area (Å²) in [7, 11) is 1.37. The Bertz CT molecular complexity index is 720. The van der Waals surface area contributed by atoms with Crippen molar-refractivity contribution in [1.29, 1.82) is 0 Å².